The lowest BCUT2D eigenvalue weighted by molar-refractivity contribution is 0.692. The first-order valence-corrected chi connectivity index (χ1v) is 5.49. The van der Waals surface area contributed by atoms with E-state index < -0.39 is 0 Å². The SMILES string of the molecule is NCC(N)c1cccn1-c1ccc(Cl)cc1. The van der Waals surface area contributed by atoms with Crippen LogP contribution in [-0.2, 0) is 0 Å². The van der Waals surface area contributed by atoms with Crippen molar-refractivity contribution in [3.05, 3.63) is 53.3 Å². The first-order valence-electron chi connectivity index (χ1n) is 5.11. The van der Waals surface area contributed by atoms with Gasteiger partial charge in [0, 0.05) is 29.1 Å². The van der Waals surface area contributed by atoms with E-state index >= 15 is 0 Å². The fraction of sp³-hybridized carbons (Fsp3) is 0.167. The number of halogens is 1. The van der Waals surface area contributed by atoms with Crippen LogP contribution < -0.4 is 11.5 Å². The van der Waals surface area contributed by atoms with E-state index in [-0.39, 0.29) is 6.04 Å². The minimum absolute atomic E-state index is 0.148. The smallest absolute Gasteiger partial charge is 0.0578 e. The van der Waals surface area contributed by atoms with Crippen LogP contribution in [0, 0.1) is 0 Å². The van der Waals surface area contributed by atoms with Crippen LogP contribution in [0.1, 0.15) is 11.7 Å². The van der Waals surface area contributed by atoms with Crippen molar-refractivity contribution in [1.29, 1.82) is 0 Å². The van der Waals surface area contributed by atoms with Gasteiger partial charge in [-0.15, -0.1) is 0 Å². The fourth-order valence-corrected chi connectivity index (χ4v) is 1.78. The molecule has 1 heterocycles. The molecule has 0 saturated heterocycles. The highest BCUT2D eigenvalue weighted by Gasteiger charge is 2.09. The van der Waals surface area contributed by atoms with E-state index in [2.05, 4.69) is 0 Å². The highest BCUT2D eigenvalue weighted by molar-refractivity contribution is 6.30. The Labute approximate surface area is 99.6 Å². The molecule has 0 radical (unpaired) electrons. The summed E-state index contributed by atoms with van der Waals surface area (Å²) in [5, 5.41) is 0.723. The van der Waals surface area contributed by atoms with Crippen molar-refractivity contribution in [2.24, 2.45) is 11.5 Å². The van der Waals surface area contributed by atoms with Crippen LogP contribution in [0.5, 0.6) is 0 Å². The van der Waals surface area contributed by atoms with E-state index in [1.54, 1.807) is 0 Å². The van der Waals surface area contributed by atoms with Crippen LogP contribution in [0.25, 0.3) is 5.69 Å². The third-order valence-corrected chi connectivity index (χ3v) is 2.77. The highest BCUT2D eigenvalue weighted by atomic mass is 35.5. The third kappa shape index (κ3) is 2.11. The molecular weight excluding hydrogens is 222 g/mol. The van der Waals surface area contributed by atoms with Gasteiger partial charge >= 0.3 is 0 Å². The number of nitrogens with two attached hydrogens (primary N) is 2. The van der Waals surface area contributed by atoms with Gasteiger partial charge in [0.05, 0.1) is 6.04 Å². The van der Waals surface area contributed by atoms with Crippen molar-refractivity contribution >= 4 is 11.6 Å². The first kappa shape index (κ1) is 11.2. The van der Waals surface area contributed by atoms with Crippen molar-refractivity contribution in [3.8, 4) is 5.69 Å². The molecule has 0 aliphatic carbocycles. The summed E-state index contributed by atoms with van der Waals surface area (Å²) >= 11 is 5.85. The van der Waals surface area contributed by atoms with E-state index in [0.717, 1.165) is 16.4 Å². The molecule has 1 unspecified atom stereocenters. The summed E-state index contributed by atoms with van der Waals surface area (Å²) in [4.78, 5) is 0. The summed E-state index contributed by atoms with van der Waals surface area (Å²) in [5.74, 6) is 0. The summed E-state index contributed by atoms with van der Waals surface area (Å²) in [6, 6.07) is 11.4. The van der Waals surface area contributed by atoms with E-state index in [9.17, 15) is 0 Å². The van der Waals surface area contributed by atoms with E-state index in [0.29, 0.717) is 6.54 Å². The molecule has 3 nitrogen and oxygen atoms in total. The van der Waals surface area contributed by atoms with Crippen LogP contribution in [0.3, 0.4) is 0 Å². The average Bonchev–Trinajstić information content (AvgIpc) is 2.78. The van der Waals surface area contributed by atoms with E-state index in [1.165, 1.54) is 0 Å². The predicted octanol–water partition coefficient (Wildman–Crippen LogP) is 2.09. The normalized spacial score (nSPS) is 12.7. The summed E-state index contributed by atoms with van der Waals surface area (Å²) in [5.41, 5.74) is 13.5. The van der Waals surface area contributed by atoms with Gasteiger partial charge in [-0.25, -0.2) is 0 Å². The van der Waals surface area contributed by atoms with Crippen LogP contribution >= 0.6 is 11.6 Å². The van der Waals surface area contributed by atoms with Crippen molar-refractivity contribution in [1.82, 2.24) is 4.57 Å². The van der Waals surface area contributed by atoms with Gasteiger partial charge in [-0.05, 0) is 36.4 Å². The topological polar surface area (TPSA) is 57.0 Å². The van der Waals surface area contributed by atoms with Crippen LogP contribution in [-0.4, -0.2) is 11.1 Å². The Bertz CT molecular complexity index is 461. The maximum Gasteiger partial charge on any atom is 0.0578 e. The zero-order valence-electron chi connectivity index (χ0n) is 8.81. The Kier molecular flexibility index (Phi) is 3.29. The Morgan fingerprint density at radius 3 is 2.50 bits per heavy atom. The molecule has 0 saturated carbocycles. The van der Waals surface area contributed by atoms with Gasteiger partial charge < -0.3 is 16.0 Å². The second kappa shape index (κ2) is 4.70. The summed E-state index contributed by atoms with van der Waals surface area (Å²) < 4.78 is 2.02. The van der Waals surface area contributed by atoms with Crippen molar-refractivity contribution in [2.45, 2.75) is 6.04 Å². The van der Waals surface area contributed by atoms with Gasteiger partial charge in [-0.3, -0.25) is 0 Å². The second-order valence-electron chi connectivity index (χ2n) is 3.62. The molecule has 0 aliphatic heterocycles. The third-order valence-electron chi connectivity index (χ3n) is 2.52. The molecule has 4 N–H and O–H groups in total. The summed E-state index contributed by atoms with van der Waals surface area (Å²) in [6.45, 7) is 0.428. The molecule has 0 bridgehead atoms. The first-order chi connectivity index (χ1) is 7.72. The van der Waals surface area contributed by atoms with Crippen molar-refractivity contribution in [3.63, 3.8) is 0 Å². The van der Waals surface area contributed by atoms with Gasteiger partial charge in [0.15, 0.2) is 0 Å². The quantitative estimate of drug-likeness (QED) is 0.856. The molecule has 0 fully saturated rings. The molecular formula is C12H14ClN3. The Hall–Kier alpha value is -1.29. The number of aromatic nitrogens is 1. The lowest BCUT2D eigenvalue weighted by Gasteiger charge is -2.14. The maximum atomic E-state index is 5.93. The number of benzene rings is 1. The molecule has 16 heavy (non-hydrogen) atoms. The molecule has 1 aromatic carbocycles. The van der Waals surface area contributed by atoms with Gasteiger partial charge in [-0.1, -0.05) is 11.6 Å². The Morgan fingerprint density at radius 1 is 1.19 bits per heavy atom. The number of nitrogens with zero attached hydrogens (tertiary/aromatic N) is 1. The van der Waals surface area contributed by atoms with E-state index in [4.69, 9.17) is 23.1 Å². The van der Waals surface area contributed by atoms with Gasteiger partial charge in [-0.2, -0.15) is 0 Å². The largest absolute Gasteiger partial charge is 0.329 e. The van der Waals surface area contributed by atoms with Crippen molar-refractivity contribution in [2.75, 3.05) is 6.54 Å². The minimum Gasteiger partial charge on any atom is -0.329 e. The maximum absolute atomic E-state index is 5.93. The number of hydrogen-bond donors (Lipinski definition) is 2. The van der Waals surface area contributed by atoms with Crippen LogP contribution in [0.15, 0.2) is 42.6 Å². The predicted molar refractivity (Wildman–Crippen MR) is 66.8 cm³/mol. The fourth-order valence-electron chi connectivity index (χ4n) is 1.65. The lowest BCUT2D eigenvalue weighted by atomic mass is 10.2. The number of rotatable bonds is 3. The molecule has 2 aromatic rings. The zero-order chi connectivity index (χ0) is 11.5. The summed E-state index contributed by atoms with van der Waals surface area (Å²) in [7, 11) is 0. The highest BCUT2D eigenvalue weighted by Crippen LogP contribution is 2.19. The number of hydrogen-bond acceptors (Lipinski definition) is 2. The van der Waals surface area contributed by atoms with E-state index in [1.807, 2.05) is 47.2 Å². The molecule has 1 aromatic heterocycles. The van der Waals surface area contributed by atoms with Crippen LogP contribution in [0.4, 0.5) is 0 Å². The molecule has 2 rings (SSSR count). The van der Waals surface area contributed by atoms with Gasteiger partial charge in [0.25, 0.3) is 0 Å². The second-order valence-corrected chi connectivity index (χ2v) is 4.06. The lowest BCUT2D eigenvalue weighted by Crippen LogP contribution is -2.23. The molecule has 0 spiro atoms. The monoisotopic (exact) mass is 235 g/mol. The summed E-state index contributed by atoms with van der Waals surface area (Å²) in [6.07, 6.45) is 1.97. The molecule has 4 heteroatoms. The molecule has 0 aliphatic rings. The Balaban J connectivity index is 2.40. The average molecular weight is 236 g/mol. The zero-order valence-corrected chi connectivity index (χ0v) is 9.56. The molecule has 84 valence electrons. The molecule has 0 amide bonds. The Morgan fingerprint density at radius 2 is 1.88 bits per heavy atom. The minimum atomic E-state index is -0.148. The standard InChI is InChI=1S/C12H14ClN3/c13-9-3-5-10(6-4-9)16-7-1-2-12(16)11(15)8-14/h1-7,11H,8,14-15H2. The van der Waals surface area contributed by atoms with Crippen molar-refractivity contribution < 1.29 is 0 Å². The van der Waals surface area contributed by atoms with Gasteiger partial charge in [0.2, 0.25) is 0 Å². The van der Waals surface area contributed by atoms with Gasteiger partial charge in [0.1, 0.15) is 0 Å². The van der Waals surface area contributed by atoms with Crippen LogP contribution in [0.2, 0.25) is 5.02 Å². The molecule has 1 atom stereocenters.